The summed E-state index contributed by atoms with van der Waals surface area (Å²) < 4.78 is 26.2. The lowest BCUT2D eigenvalue weighted by atomic mass is 10.2. The summed E-state index contributed by atoms with van der Waals surface area (Å²) in [6.45, 7) is 0. The zero-order valence-electron chi connectivity index (χ0n) is 8.11. The first-order valence-electron chi connectivity index (χ1n) is 4.12. The predicted octanol–water partition coefficient (Wildman–Crippen LogP) is 0.465. The van der Waals surface area contributed by atoms with Crippen LogP contribution in [-0.4, -0.2) is 20.8 Å². The second-order valence-electron chi connectivity index (χ2n) is 2.98. The van der Waals surface area contributed by atoms with Crippen LogP contribution in [0.5, 0.6) is 0 Å². The van der Waals surface area contributed by atoms with Crippen LogP contribution in [0.2, 0.25) is 0 Å². The van der Waals surface area contributed by atoms with Gasteiger partial charge in [-0.2, -0.15) is 9.65 Å². The van der Waals surface area contributed by atoms with Gasteiger partial charge in [0.2, 0.25) is 5.95 Å². The maximum Gasteiger partial charge on any atom is 0.212 e. The molecule has 0 aliphatic carbocycles. The first kappa shape index (κ1) is 11.5. The van der Waals surface area contributed by atoms with Crippen LogP contribution in [0.25, 0.3) is 0 Å². The Kier molecular flexibility index (Phi) is 3.63. The summed E-state index contributed by atoms with van der Waals surface area (Å²) in [5, 5.41) is 9.79. The highest BCUT2D eigenvalue weighted by molar-refractivity contribution is 7.99. The zero-order chi connectivity index (χ0) is 11.3. The highest BCUT2D eigenvalue weighted by Crippen LogP contribution is 1.98. The third kappa shape index (κ3) is 3.95. The fourth-order valence-electron chi connectivity index (χ4n) is 0.915. The molecule has 0 aliphatic rings. The number of pyridine rings is 1. The van der Waals surface area contributed by atoms with E-state index < -0.39 is 15.7 Å². The number of hydrogen-bond donors (Lipinski definition) is 1. The predicted molar refractivity (Wildman–Crippen MR) is 56.8 cm³/mol. The molecule has 0 fully saturated rings. The summed E-state index contributed by atoms with van der Waals surface area (Å²) in [6, 6.07) is 2.79. The highest BCUT2D eigenvalue weighted by atomic mass is 32.2. The van der Waals surface area contributed by atoms with Crippen molar-refractivity contribution < 1.29 is 8.60 Å². The maximum absolute atomic E-state index is 12.4. The third-order valence-electron chi connectivity index (χ3n) is 1.67. The highest BCUT2D eigenvalue weighted by Gasteiger charge is 1.97. The van der Waals surface area contributed by atoms with Crippen molar-refractivity contribution in [3.05, 3.63) is 29.8 Å². The Labute approximate surface area is 87.9 Å². The number of nitrogens with one attached hydrogen (secondary N) is 1. The van der Waals surface area contributed by atoms with E-state index in [1.54, 1.807) is 12.3 Å². The lowest BCUT2D eigenvalue weighted by Crippen LogP contribution is -2.19. The normalized spacial score (nSPS) is 13.7. The van der Waals surface area contributed by atoms with Crippen molar-refractivity contribution >= 4 is 15.1 Å². The molecule has 0 aromatic carbocycles. The Morgan fingerprint density at radius 3 is 3.00 bits per heavy atom. The number of nitriles is 1. The number of hydrogen-bond acceptors (Lipinski definition) is 3. The summed E-state index contributed by atoms with van der Waals surface area (Å²) >= 11 is 0. The summed E-state index contributed by atoms with van der Waals surface area (Å²) in [5.74, 6) is -0.550. The summed E-state index contributed by atoms with van der Waals surface area (Å²) in [6.07, 6.45) is 4.79. The molecule has 1 unspecified atom stereocenters. The van der Waals surface area contributed by atoms with Crippen molar-refractivity contribution in [2.45, 2.75) is 6.42 Å². The first-order chi connectivity index (χ1) is 7.03. The van der Waals surface area contributed by atoms with Crippen LogP contribution in [0.3, 0.4) is 0 Å². The van der Waals surface area contributed by atoms with Crippen molar-refractivity contribution in [3.8, 4) is 6.19 Å². The van der Waals surface area contributed by atoms with Gasteiger partial charge in [0, 0.05) is 18.9 Å². The summed E-state index contributed by atoms with van der Waals surface area (Å²) in [7, 11) is -2.45. The summed E-state index contributed by atoms with van der Waals surface area (Å²) in [5.41, 5.74) is 0.741. The molecule has 1 heterocycles. The van der Waals surface area contributed by atoms with Gasteiger partial charge in [-0.15, -0.1) is 0 Å². The minimum Gasteiger partial charge on any atom is -0.249 e. The molecule has 15 heavy (non-hydrogen) atoms. The van der Waals surface area contributed by atoms with Gasteiger partial charge < -0.3 is 0 Å². The van der Waals surface area contributed by atoms with Gasteiger partial charge in [0.05, 0.1) is 9.71 Å². The molecule has 0 amide bonds. The van der Waals surface area contributed by atoms with Gasteiger partial charge in [0.25, 0.3) is 0 Å². The largest absolute Gasteiger partial charge is 0.249 e. The molecular formula is C9H10FN3OS. The van der Waals surface area contributed by atoms with Crippen LogP contribution in [0.1, 0.15) is 5.56 Å². The molecule has 1 aromatic rings. The lowest BCUT2D eigenvalue weighted by Gasteiger charge is -2.00. The van der Waals surface area contributed by atoms with Gasteiger partial charge in [0.1, 0.15) is 0 Å². The van der Waals surface area contributed by atoms with Gasteiger partial charge >= 0.3 is 0 Å². The van der Waals surface area contributed by atoms with E-state index in [-0.39, 0.29) is 0 Å². The molecule has 0 saturated carbocycles. The number of rotatable bonds is 3. The second-order valence-corrected chi connectivity index (χ2v) is 5.32. The molecule has 1 N–H and O–H groups in total. The van der Waals surface area contributed by atoms with Crippen LogP contribution < -0.4 is 4.72 Å². The van der Waals surface area contributed by atoms with Crippen LogP contribution in [0, 0.1) is 17.4 Å². The smallest absolute Gasteiger partial charge is 0.212 e. The topological polar surface area (TPSA) is 65.8 Å². The number of nitrogens with zero attached hydrogens (tertiary/aromatic N) is 2. The van der Waals surface area contributed by atoms with E-state index in [4.69, 9.17) is 5.26 Å². The fraction of sp³-hybridized carbons (Fsp3) is 0.222. The van der Waals surface area contributed by atoms with Crippen molar-refractivity contribution in [1.82, 2.24) is 9.71 Å². The Hall–Kier alpha value is -1.61. The Balaban J connectivity index is 2.77. The van der Waals surface area contributed by atoms with E-state index in [2.05, 4.69) is 9.71 Å². The van der Waals surface area contributed by atoms with Gasteiger partial charge in [0.15, 0.2) is 6.19 Å². The van der Waals surface area contributed by atoms with Crippen molar-refractivity contribution in [2.75, 3.05) is 6.26 Å². The lowest BCUT2D eigenvalue weighted by molar-refractivity contribution is 0.583. The third-order valence-corrected chi connectivity index (χ3v) is 2.97. The van der Waals surface area contributed by atoms with E-state index in [1.807, 2.05) is 0 Å². The number of aromatic nitrogens is 1. The van der Waals surface area contributed by atoms with Crippen molar-refractivity contribution in [1.29, 1.82) is 5.26 Å². The van der Waals surface area contributed by atoms with Crippen LogP contribution in [-0.2, 0) is 16.1 Å². The van der Waals surface area contributed by atoms with E-state index in [1.165, 1.54) is 23.9 Å². The molecular weight excluding hydrogens is 217 g/mol. The molecule has 0 spiro atoms. The monoisotopic (exact) mass is 227 g/mol. The molecule has 0 saturated heterocycles. The molecule has 1 aromatic heterocycles. The van der Waals surface area contributed by atoms with E-state index in [0.717, 1.165) is 5.56 Å². The average molecular weight is 227 g/mol. The standard InChI is InChI=1S/C9H10FN3OS/c1-15(14,13-7-11)5-4-8-2-3-9(10)12-6-8/h2-3,5-6H,4H2,1H3,(H,13,14). The SMILES string of the molecule is CS(=O)(=CCc1ccc(F)nc1)NC#N. The van der Waals surface area contributed by atoms with E-state index in [9.17, 15) is 8.60 Å². The quantitative estimate of drug-likeness (QED) is 0.353. The molecule has 6 heteroatoms. The summed E-state index contributed by atoms with van der Waals surface area (Å²) in [4.78, 5) is 3.46. The van der Waals surface area contributed by atoms with Gasteiger partial charge in [-0.05, 0) is 17.0 Å². The first-order valence-corrected chi connectivity index (χ1v) is 6.15. The van der Waals surface area contributed by atoms with E-state index in [0.29, 0.717) is 6.42 Å². The molecule has 0 aliphatic heterocycles. The van der Waals surface area contributed by atoms with Crippen molar-refractivity contribution in [3.63, 3.8) is 0 Å². The zero-order valence-corrected chi connectivity index (χ0v) is 8.92. The number of halogens is 1. The Bertz CT molecular complexity index is 483. The molecule has 1 atom stereocenters. The molecule has 4 nitrogen and oxygen atoms in total. The molecule has 80 valence electrons. The fourth-order valence-corrected chi connectivity index (χ4v) is 1.69. The molecule has 0 radical (unpaired) electrons. The second kappa shape index (κ2) is 4.75. The molecule has 1 rings (SSSR count). The van der Waals surface area contributed by atoms with Gasteiger partial charge in [-0.1, -0.05) is 6.07 Å². The molecule has 0 bridgehead atoms. The van der Waals surface area contributed by atoms with Gasteiger partial charge in [-0.3, -0.25) is 0 Å². The van der Waals surface area contributed by atoms with Crippen LogP contribution in [0.15, 0.2) is 18.3 Å². The van der Waals surface area contributed by atoms with Crippen molar-refractivity contribution in [2.24, 2.45) is 0 Å². The minimum atomic E-state index is -2.45. The maximum atomic E-state index is 12.4. The van der Waals surface area contributed by atoms with Crippen LogP contribution >= 0.6 is 0 Å². The Morgan fingerprint density at radius 1 is 1.73 bits per heavy atom. The Morgan fingerprint density at radius 2 is 2.47 bits per heavy atom. The van der Waals surface area contributed by atoms with E-state index >= 15 is 0 Å². The van der Waals surface area contributed by atoms with Gasteiger partial charge in [-0.25, -0.2) is 13.9 Å². The average Bonchev–Trinajstić information content (AvgIpc) is 2.17. The van der Waals surface area contributed by atoms with Crippen LogP contribution in [0.4, 0.5) is 4.39 Å². The minimum absolute atomic E-state index is 0.372.